The maximum atomic E-state index is 5.47. The number of ether oxygens (including phenoxy) is 1. The molecule has 100 valence electrons. The highest BCUT2D eigenvalue weighted by molar-refractivity contribution is 4.87. The average molecular weight is 240 g/mol. The van der Waals surface area contributed by atoms with Gasteiger partial charge >= 0.3 is 0 Å². The molecule has 1 rings (SSSR count). The molecule has 0 unspecified atom stereocenters. The molecule has 3 heteroatoms. The lowest BCUT2D eigenvalue weighted by Crippen LogP contribution is -2.43. The van der Waals surface area contributed by atoms with Gasteiger partial charge in [0, 0.05) is 12.6 Å². The molecule has 0 spiro atoms. The van der Waals surface area contributed by atoms with Crippen LogP contribution in [0.1, 0.15) is 33.1 Å². The first-order valence-electron chi connectivity index (χ1n) is 6.90. The van der Waals surface area contributed by atoms with Crippen molar-refractivity contribution in [1.29, 1.82) is 0 Å². The van der Waals surface area contributed by atoms with Crippen LogP contribution in [0.4, 0.5) is 0 Å². The van der Waals surface area contributed by atoms with Gasteiger partial charge in [-0.2, -0.15) is 0 Å². The lowest BCUT2D eigenvalue weighted by Gasteiger charge is -2.32. The molecule has 1 saturated heterocycles. The van der Waals surface area contributed by atoms with E-state index in [2.05, 4.69) is 23.7 Å². The summed E-state index contributed by atoms with van der Waals surface area (Å²) in [4.78, 5) is 2.57. The number of rotatable bonds is 8. The van der Waals surface area contributed by atoms with Crippen LogP contribution in [-0.4, -0.2) is 50.3 Å². The van der Waals surface area contributed by atoms with E-state index in [1.54, 1.807) is 0 Å². The first-order valence-corrected chi connectivity index (χ1v) is 6.90. The van der Waals surface area contributed by atoms with E-state index in [-0.39, 0.29) is 0 Å². The molecule has 1 aliphatic heterocycles. The van der Waals surface area contributed by atoms with E-state index in [0.29, 0.717) is 12.6 Å². The molecule has 0 aromatic heterocycles. The Morgan fingerprint density at radius 2 is 2.12 bits per heavy atom. The molecule has 0 atom stereocenters. The molecule has 1 aliphatic rings. The smallest absolute Gasteiger partial charge is 0.0672 e. The van der Waals surface area contributed by atoms with Crippen molar-refractivity contribution >= 4 is 0 Å². The molecule has 1 N–H and O–H groups in total. The summed E-state index contributed by atoms with van der Waals surface area (Å²) >= 11 is 0. The molecule has 1 fully saturated rings. The van der Waals surface area contributed by atoms with Crippen LogP contribution in [0.15, 0.2) is 12.2 Å². The van der Waals surface area contributed by atoms with Gasteiger partial charge in [0.05, 0.1) is 13.2 Å². The van der Waals surface area contributed by atoms with Gasteiger partial charge in [-0.25, -0.2) is 0 Å². The minimum atomic E-state index is 0.691. The molecule has 0 radical (unpaired) electrons. The summed E-state index contributed by atoms with van der Waals surface area (Å²) in [6.07, 6.45) is 3.83. The van der Waals surface area contributed by atoms with Gasteiger partial charge in [0.15, 0.2) is 0 Å². The molecule has 17 heavy (non-hydrogen) atoms. The van der Waals surface area contributed by atoms with E-state index < -0.39 is 0 Å². The van der Waals surface area contributed by atoms with Crippen molar-refractivity contribution in [2.75, 3.05) is 39.4 Å². The monoisotopic (exact) mass is 240 g/mol. The fourth-order valence-corrected chi connectivity index (χ4v) is 2.26. The molecule has 0 aromatic carbocycles. The number of hydrogen-bond acceptors (Lipinski definition) is 3. The minimum absolute atomic E-state index is 0.691. The Hall–Kier alpha value is -0.380. The fraction of sp³-hybridized carbons (Fsp3) is 0.857. The lowest BCUT2D eigenvalue weighted by atomic mass is 10.1. The molecule has 0 aliphatic carbocycles. The molecule has 1 heterocycles. The normalized spacial score (nSPS) is 18.5. The summed E-state index contributed by atoms with van der Waals surface area (Å²) in [5.41, 5.74) is 1.10. The number of hydrogen-bond donors (Lipinski definition) is 1. The Balaban J connectivity index is 1.97. The SMILES string of the molecule is C=C(C)COCCNC1CCN(CCC)CC1. The van der Waals surface area contributed by atoms with E-state index in [4.69, 9.17) is 4.74 Å². The largest absolute Gasteiger partial charge is 0.376 e. The van der Waals surface area contributed by atoms with Crippen LogP contribution < -0.4 is 5.32 Å². The predicted octanol–water partition coefficient (Wildman–Crippen LogP) is 2.04. The Bertz CT molecular complexity index is 210. The predicted molar refractivity (Wildman–Crippen MR) is 73.4 cm³/mol. The Labute approximate surface area is 106 Å². The molecular formula is C14H28N2O. The van der Waals surface area contributed by atoms with Crippen LogP contribution in [-0.2, 0) is 4.74 Å². The van der Waals surface area contributed by atoms with Gasteiger partial charge in [-0.3, -0.25) is 0 Å². The van der Waals surface area contributed by atoms with Crippen LogP contribution in [0.5, 0.6) is 0 Å². The molecular weight excluding hydrogens is 212 g/mol. The first kappa shape index (κ1) is 14.7. The topological polar surface area (TPSA) is 24.5 Å². The van der Waals surface area contributed by atoms with Crippen molar-refractivity contribution in [3.05, 3.63) is 12.2 Å². The summed E-state index contributed by atoms with van der Waals surface area (Å²) < 4.78 is 5.47. The van der Waals surface area contributed by atoms with Crippen LogP contribution in [0.3, 0.4) is 0 Å². The van der Waals surface area contributed by atoms with Gasteiger partial charge in [0.1, 0.15) is 0 Å². The summed E-state index contributed by atoms with van der Waals surface area (Å²) in [7, 11) is 0. The second-order valence-electron chi connectivity index (χ2n) is 5.08. The van der Waals surface area contributed by atoms with E-state index in [9.17, 15) is 0 Å². The van der Waals surface area contributed by atoms with E-state index in [0.717, 1.165) is 18.7 Å². The van der Waals surface area contributed by atoms with Crippen LogP contribution in [0, 0.1) is 0 Å². The summed E-state index contributed by atoms with van der Waals surface area (Å²) in [6, 6.07) is 0.691. The van der Waals surface area contributed by atoms with Crippen molar-refractivity contribution in [2.24, 2.45) is 0 Å². The van der Waals surface area contributed by atoms with Crippen molar-refractivity contribution in [1.82, 2.24) is 10.2 Å². The van der Waals surface area contributed by atoms with Gasteiger partial charge in [-0.1, -0.05) is 19.1 Å². The Kier molecular flexibility index (Phi) is 7.49. The van der Waals surface area contributed by atoms with Gasteiger partial charge < -0.3 is 15.0 Å². The highest BCUT2D eigenvalue weighted by Gasteiger charge is 2.17. The Morgan fingerprint density at radius 3 is 2.71 bits per heavy atom. The standard InChI is InChI=1S/C14H28N2O/c1-4-8-16-9-5-14(6-10-16)15-7-11-17-12-13(2)3/h14-15H,2,4-12H2,1,3H3. The molecule has 0 aromatic rings. The fourth-order valence-electron chi connectivity index (χ4n) is 2.26. The highest BCUT2D eigenvalue weighted by atomic mass is 16.5. The molecule has 3 nitrogen and oxygen atoms in total. The van der Waals surface area contributed by atoms with Crippen molar-refractivity contribution in [2.45, 2.75) is 39.2 Å². The van der Waals surface area contributed by atoms with E-state index >= 15 is 0 Å². The number of nitrogens with zero attached hydrogens (tertiary/aromatic N) is 1. The zero-order chi connectivity index (χ0) is 12.5. The van der Waals surface area contributed by atoms with Crippen molar-refractivity contribution in [3.8, 4) is 0 Å². The average Bonchev–Trinajstić information content (AvgIpc) is 2.31. The summed E-state index contributed by atoms with van der Waals surface area (Å²) in [6.45, 7) is 14.3. The van der Waals surface area contributed by atoms with Crippen molar-refractivity contribution in [3.63, 3.8) is 0 Å². The third kappa shape index (κ3) is 6.81. The zero-order valence-corrected chi connectivity index (χ0v) is 11.5. The maximum absolute atomic E-state index is 5.47. The third-order valence-corrected chi connectivity index (χ3v) is 3.16. The molecule has 0 bridgehead atoms. The highest BCUT2D eigenvalue weighted by Crippen LogP contribution is 2.10. The van der Waals surface area contributed by atoms with E-state index in [1.165, 1.54) is 38.9 Å². The van der Waals surface area contributed by atoms with Gasteiger partial charge in [-0.15, -0.1) is 0 Å². The minimum Gasteiger partial charge on any atom is -0.376 e. The second kappa shape index (κ2) is 8.67. The zero-order valence-electron chi connectivity index (χ0n) is 11.5. The quantitative estimate of drug-likeness (QED) is 0.519. The molecule has 0 saturated carbocycles. The number of nitrogens with one attached hydrogen (secondary N) is 1. The van der Waals surface area contributed by atoms with Gasteiger partial charge in [-0.05, 0) is 45.8 Å². The van der Waals surface area contributed by atoms with Crippen LogP contribution in [0.2, 0.25) is 0 Å². The number of likely N-dealkylation sites (tertiary alicyclic amines) is 1. The second-order valence-corrected chi connectivity index (χ2v) is 5.08. The van der Waals surface area contributed by atoms with E-state index in [1.807, 2.05) is 6.92 Å². The van der Waals surface area contributed by atoms with Crippen LogP contribution >= 0.6 is 0 Å². The van der Waals surface area contributed by atoms with Gasteiger partial charge in [0.2, 0.25) is 0 Å². The molecule has 0 amide bonds. The maximum Gasteiger partial charge on any atom is 0.0672 e. The first-order chi connectivity index (χ1) is 8.22. The van der Waals surface area contributed by atoms with Gasteiger partial charge in [0.25, 0.3) is 0 Å². The number of piperidine rings is 1. The van der Waals surface area contributed by atoms with Crippen LogP contribution in [0.25, 0.3) is 0 Å². The summed E-state index contributed by atoms with van der Waals surface area (Å²) in [5, 5.41) is 3.58. The summed E-state index contributed by atoms with van der Waals surface area (Å²) in [5.74, 6) is 0. The van der Waals surface area contributed by atoms with Crippen molar-refractivity contribution < 1.29 is 4.74 Å². The lowest BCUT2D eigenvalue weighted by molar-refractivity contribution is 0.146. The third-order valence-electron chi connectivity index (χ3n) is 3.16. The Morgan fingerprint density at radius 1 is 1.41 bits per heavy atom.